The van der Waals surface area contributed by atoms with Gasteiger partial charge in [-0.25, -0.2) is 4.79 Å². The molecule has 1 aromatic carbocycles. The van der Waals surface area contributed by atoms with Gasteiger partial charge in [0.2, 0.25) is 0 Å². The average molecular weight is 281 g/mol. The van der Waals surface area contributed by atoms with Crippen LogP contribution in [0.15, 0.2) is 18.2 Å². The molecule has 20 heavy (non-hydrogen) atoms. The highest BCUT2D eigenvalue weighted by atomic mass is 16.6. The van der Waals surface area contributed by atoms with Crippen molar-refractivity contribution in [1.82, 2.24) is 5.32 Å². The number of hydrogen-bond donors (Lipinski definition) is 3. The molecule has 1 amide bonds. The van der Waals surface area contributed by atoms with Crippen molar-refractivity contribution in [3.8, 4) is 11.5 Å². The molecule has 0 spiro atoms. The second kappa shape index (κ2) is 5.40. The number of carbonyl (C=O) groups is 2. The molecule has 1 aromatic rings. The van der Waals surface area contributed by atoms with Crippen LogP contribution in [0, 0.1) is 0 Å². The second-order valence-electron chi connectivity index (χ2n) is 5.62. The summed E-state index contributed by atoms with van der Waals surface area (Å²) in [7, 11) is 0. The lowest BCUT2D eigenvalue weighted by atomic mass is 9.92. The predicted molar refractivity (Wildman–Crippen MR) is 72.6 cm³/mol. The van der Waals surface area contributed by atoms with Crippen LogP contribution in [0.3, 0.4) is 0 Å². The molecule has 1 unspecified atom stereocenters. The van der Waals surface area contributed by atoms with Crippen molar-refractivity contribution < 1.29 is 24.5 Å². The first-order chi connectivity index (χ1) is 9.09. The molecule has 0 aliphatic rings. The molecular formula is C14H19NO5. The zero-order chi connectivity index (χ0) is 15.6. The molecule has 0 aromatic heterocycles. The minimum Gasteiger partial charge on any atom is -0.504 e. The zero-order valence-corrected chi connectivity index (χ0v) is 11.9. The summed E-state index contributed by atoms with van der Waals surface area (Å²) in [5.74, 6) is -0.834. The van der Waals surface area contributed by atoms with Crippen molar-refractivity contribution in [2.24, 2.45) is 0 Å². The number of rotatable bonds is 3. The van der Waals surface area contributed by atoms with Crippen molar-refractivity contribution in [3.05, 3.63) is 23.8 Å². The van der Waals surface area contributed by atoms with E-state index in [1.807, 2.05) is 0 Å². The molecule has 0 saturated heterocycles. The minimum atomic E-state index is -1.51. The summed E-state index contributed by atoms with van der Waals surface area (Å²) in [4.78, 5) is 23.1. The van der Waals surface area contributed by atoms with Crippen LogP contribution in [0.1, 0.15) is 33.3 Å². The third kappa shape index (κ3) is 3.63. The summed E-state index contributed by atoms with van der Waals surface area (Å²) < 4.78 is 5.07. The number of benzene rings is 1. The molecule has 6 nitrogen and oxygen atoms in total. The van der Waals surface area contributed by atoms with Crippen LogP contribution < -0.4 is 5.32 Å². The van der Waals surface area contributed by atoms with E-state index >= 15 is 0 Å². The van der Waals surface area contributed by atoms with Crippen LogP contribution in [0.4, 0.5) is 4.79 Å². The predicted octanol–water partition coefficient (Wildman–Crippen LogP) is 2.04. The van der Waals surface area contributed by atoms with Crippen molar-refractivity contribution in [3.63, 3.8) is 0 Å². The van der Waals surface area contributed by atoms with Gasteiger partial charge < -0.3 is 25.1 Å². The van der Waals surface area contributed by atoms with Gasteiger partial charge in [-0.2, -0.15) is 0 Å². The lowest BCUT2D eigenvalue weighted by molar-refractivity contribution is -0.113. The normalized spacial score (nSPS) is 14.2. The fourth-order valence-corrected chi connectivity index (χ4v) is 1.63. The molecule has 3 N–H and O–H groups in total. The number of ether oxygens (including phenoxy) is 1. The number of phenolic OH excluding ortho intramolecular Hbond substituents is 2. The van der Waals surface area contributed by atoms with Crippen molar-refractivity contribution in [1.29, 1.82) is 0 Å². The molecule has 0 aliphatic heterocycles. The number of aromatic hydroxyl groups is 2. The Kier molecular flexibility index (Phi) is 4.27. The number of para-hydroxylation sites is 1. The summed E-state index contributed by atoms with van der Waals surface area (Å²) in [6, 6.07) is 4.17. The van der Waals surface area contributed by atoms with E-state index in [0.717, 1.165) is 0 Å². The maximum Gasteiger partial charge on any atom is 0.408 e. The van der Waals surface area contributed by atoms with E-state index < -0.39 is 23.0 Å². The van der Waals surface area contributed by atoms with Gasteiger partial charge in [0.05, 0.1) is 0 Å². The number of amides is 1. The first-order valence-corrected chi connectivity index (χ1v) is 6.08. The van der Waals surface area contributed by atoms with E-state index in [9.17, 15) is 19.8 Å². The number of aldehydes is 1. The lowest BCUT2D eigenvalue weighted by Crippen LogP contribution is -2.46. The van der Waals surface area contributed by atoms with Gasteiger partial charge in [-0.15, -0.1) is 0 Å². The van der Waals surface area contributed by atoms with Gasteiger partial charge in [0.25, 0.3) is 0 Å². The number of carbonyl (C=O) groups excluding carboxylic acids is 2. The number of nitrogens with one attached hydrogen (secondary N) is 1. The van der Waals surface area contributed by atoms with Crippen LogP contribution in [-0.2, 0) is 15.1 Å². The van der Waals surface area contributed by atoms with E-state index in [0.29, 0.717) is 6.29 Å². The first-order valence-electron chi connectivity index (χ1n) is 6.08. The quantitative estimate of drug-likeness (QED) is 0.582. The molecule has 0 saturated carbocycles. The van der Waals surface area contributed by atoms with Crippen molar-refractivity contribution in [2.75, 3.05) is 0 Å². The van der Waals surface area contributed by atoms with Gasteiger partial charge in [0, 0.05) is 5.56 Å². The summed E-state index contributed by atoms with van der Waals surface area (Å²) in [5, 5.41) is 21.7. The molecule has 0 fully saturated rings. The number of phenols is 2. The highest BCUT2D eigenvalue weighted by molar-refractivity contribution is 5.79. The lowest BCUT2D eigenvalue weighted by Gasteiger charge is -2.28. The Hall–Kier alpha value is -2.24. The molecule has 0 bridgehead atoms. The van der Waals surface area contributed by atoms with Gasteiger partial charge in [-0.3, -0.25) is 0 Å². The molecule has 0 aliphatic carbocycles. The molecule has 1 rings (SSSR count). The molecule has 0 radical (unpaired) electrons. The summed E-state index contributed by atoms with van der Waals surface area (Å²) >= 11 is 0. The van der Waals surface area contributed by atoms with E-state index in [-0.39, 0.29) is 11.3 Å². The van der Waals surface area contributed by atoms with Gasteiger partial charge >= 0.3 is 6.09 Å². The van der Waals surface area contributed by atoms with Gasteiger partial charge in [0.15, 0.2) is 11.5 Å². The molecular weight excluding hydrogens is 262 g/mol. The van der Waals surface area contributed by atoms with Gasteiger partial charge in [-0.1, -0.05) is 12.1 Å². The Morgan fingerprint density at radius 3 is 2.35 bits per heavy atom. The highest BCUT2D eigenvalue weighted by Gasteiger charge is 2.33. The van der Waals surface area contributed by atoms with Crippen molar-refractivity contribution in [2.45, 2.75) is 38.8 Å². The average Bonchev–Trinajstić information content (AvgIpc) is 2.29. The standard InChI is InChI=1S/C14H19NO5/c1-13(2,3)20-12(19)15-14(4,8-16)9-6-5-7-10(17)11(9)18/h5-8,17-18H,1-4H3,(H,15,19). The summed E-state index contributed by atoms with van der Waals surface area (Å²) in [6.45, 7) is 6.47. The van der Waals surface area contributed by atoms with E-state index in [1.165, 1.54) is 25.1 Å². The number of alkyl carbamates (subject to hydrolysis) is 1. The Bertz CT molecular complexity index is 521. The van der Waals surface area contributed by atoms with Crippen molar-refractivity contribution >= 4 is 12.4 Å². The maximum absolute atomic E-state index is 11.8. The monoisotopic (exact) mass is 281 g/mol. The fourth-order valence-electron chi connectivity index (χ4n) is 1.63. The fraction of sp³-hybridized carbons (Fsp3) is 0.429. The van der Waals surface area contributed by atoms with Crippen LogP contribution in [0.5, 0.6) is 11.5 Å². The Labute approximate surface area is 117 Å². The Balaban J connectivity index is 3.06. The van der Waals surface area contributed by atoms with E-state index in [2.05, 4.69) is 5.32 Å². The van der Waals surface area contributed by atoms with E-state index in [1.54, 1.807) is 20.8 Å². The Morgan fingerprint density at radius 1 is 1.25 bits per heavy atom. The Morgan fingerprint density at radius 2 is 1.85 bits per heavy atom. The van der Waals surface area contributed by atoms with Crippen LogP contribution >= 0.6 is 0 Å². The number of hydrogen-bond acceptors (Lipinski definition) is 5. The third-order valence-corrected chi connectivity index (χ3v) is 2.57. The van der Waals surface area contributed by atoms with Crippen LogP contribution in [0.25, 0.3) is 0 Å². The summed E-state index contributed by atoms with van der Waals surface area (Å²) in [5.41, 5.74) is -2.14. The van der Waals surface area contributed by atoms with Gasteiger partial charge in [0.1, 0.15) is 17.4 Å². The third-order valence-electron chi connectivity index (χ3n) is 2.57. The largest absolute Gasteiger partial charge is 0.504 e. The van der Waals surface area contributed by atoms with E-state index in [4.69, 9.17) is 4.74 Å². The smallest absolute Gasteiger partial charge is 0.408 e. The van der Waals surface area contributed by atoms with Crippen LogP contribution in [0.2, 0.25) is 0 Å². The minimum absolute atomic E-state index is 0.0818. The maximum atomic E-state index is 11.8. The first kappa shape index (κ1) is 15.8. The molecule has 110 valence electrons. The SMILES string of the molecule is CC(C)(C)OC(=O)NC(C)(C=O)c1cccc(O)c1O. The highest BCUT2D eigenvalue weighted by Crippen LogP contribution is 2.34. The molecule has 6 heteroatoms. The second-order valence-corrected chi connectivity index (χ2v) is 5.62. The molecule has 0 heterocycles. The van der Waals surface area contributed by atoms with Gasteiger partial charge in [-0.05, 0) is 33.8 Å². The molecule has 1 atom stereocenters. The zero-order valence-electron chi connectivity index (χ0n) is 11.9. The topological polar surface area (TPSA) is 95.9 Å². The summed E-state index contributed by atoms with van der Waals surface area (Å²) in [6.07, 6.45) is -0.333. The van der Waals surface area contributed by atoms with Crippen LogP contribution in [-0.4, -0.2) is 28.2 Å².